The summed E-state index contributed by atoms with van der Waals surface area (Å²) >= 11 is 0. The van der Waals surface area contributed by atoms with Gasteiger partial charge in [0, 0.05) is 5.56 Å². The number of nitrogens with zero attached hydrogens (tertiary/aromatic N) is 1. The number of rotatable bonds is 7. The van der Waals surface area contributed by atoms with E-state index in [4.69, 9.17) is 13.6 Å². The Kier molecular flexibility index (Phi) is 6.49. The van der Waals surface area contributed by atoms with Gasteiger partial charge in [-0.1, -0.05) is 12.1 Å². The van der Waals surface area contributed by atoms with E-state index in [1.165, 1.54) is 0 Å². The van der Waals surface area contributed by atoms with E-state index in [-0.39, 0.29) is 18.4 Å². The molecule has 174 valence electrons. The summed E-state index contributed by atoms with van der Waals surface area (Å²) in [5, 5.41) is 5.76. The molecule has 2 heterocycles. The zero-order valence-corrected chi connectivity index (χ0v) is 19.4. The first-order valence-corrected chi connectivity index (χ1v) is 10.7. The van der Waals surface area contributed by atoms with Gasteiger partial charge in [0.25, 0.3) is 11.8 Å². The van der Waals surface area contributed by atoms with Crippen LogP contribution in [0.2, 0.25) is 0 Å². The lowest BCUT2D eigenvalue weighted by atomic mass is 10.1. The van der Waals surface area contributed by atoms with Crippen molar-refractivity contribution in [1.82, 2.24) is 10.3 Å². The van der Waals surface area contributed by atoms with E-state index in [0.717, 1.165) is 0 Å². The second kappa shape index (κ2) is 9.66. The van der Waals surface area contributed by atoms with Crippen molar-refractivity contribution >= 4 is 17.5 Å². The standard InChI is InChI=1S/C26H25N3O5/c1-15-13-21(16(2)33-15)25(31)28-22-8-6-5-7-20(22)26-29-23(17(3)34-26)14-27-24(30)18-9-11-19(32-4)12-10-18/h5-13H,14H2,1-4H3,(H,27,30)(H,28,31). The number of methoxy groups -OCH3 is 1. The predicted molar refractivity (Wildman–Crippen MR) is 127 cm³/mol. The summed E-state index contributed by atoms with van der Waals surface area (Å²) in [6, 6.07) is 15.8. The molecule has 0 aliphatic rings. The number of benzene rings is 2. The van der Waals surface area contributed by atoms with Crippen LogP contribution >= 0.6 is 0 Å². The maximum atomic E-state index is 12.8. The van der Waals surface area contributed by atoms with Gasteiger partial charge in [0.05, 0.1) is 30.5 Å². The third kappa shape index (κ3) is 4.85. The van der Waals surface area contributed by atoms with E-state index < -0.39 is 0 Å². The topological polar surface area (TPSA) is 107 Å². The van der Waals surface area contributed by atoms with Crippen LogP contribution in [0.15, 0.2) is 63.4 Å². The Balaban J connectivity index is 1.50. The molecule has 0 saturated heterocycles. The quantitative estimate of drug-likeness (QED) is 0.401. The number of carbonyl (C=O) groups excluding carboxylic acids is 2. The lowest BCUT2D eigenvalue weighted by Gasteiger charge is -2.08. The molecule has 2 N–H and O–H groups in total. The Hall–Kier alpha value is -4.33. The summed E-state index contributed by atoms with van der Waals surface area (Å²) in [5.41, 5.74) is 2.77. The average molecular weight is 460 g/mol. The largest absolute Gasteiger partial charge is 0.497 e. The van der Waals surface area contributed by atoms with Crippen LogP contribution in [0.5, 0.6) is 5.75 Å². The highest BCUT2D eigenvalue weighted by atomic mass is 16.5. The monoisotopic (exact) mass is 459 g/mol. The van der Waals surface area contributed by atoms with Gasteiger partial charge in [0.15, 0.2) is 0 Å². The highest BCUT2D eigenvalue weighted by molar-refractivity contribution is 6.06. The van der Waals surface area contributed by atoms with E-state index in [1.54, 1.807) is 64.3 Å². The molecule has 0 bridgehead atoms. The second-order valence-corrected chi connectivity index (χ2v) is 7.76. The summed E-state index contributed by atoms with van der Waals surface area (Å²) < 4.78 is 16.5. The van der Waals surface area contributed by atoms with Gasteiger partial charge in [0.1, 0.15) is 28.7 Å². The summed E-state index contributed by atoms with van der Waals surface area (Å²) in [7, 11) is 1.57. The summed E-state index contributed by atoms with van der Waals surface area (Å²) in [5.74, 6) is 2.31. The zero-order chi connectivity index (χ0) is 24.2. The molecular weight excluding hydrogens is 434 g/mol. The highest BCUT2D eigenvalue weighted by Crippen LogP contribution is 2.29. The number of para-hydroxylation sites is 1. The summed E-state index contributed by atoms with van der Waals surface area (Å²) in [6.07, 6.45) is 0. The minimum atomic E-state index is -0.281. The first kappa shape index (κ1) is 22.8. The number of furan rings is 1. The molecule has 0 aliphatic heterocycles. The number of aromatic nitrogens is 1. The van der Waals surface area contributed by atoms with Gasteiger partial charge in [-0.2, -0.15) is 0 Å². The number of carbonyl (C=O) groups is 2. The number of ether oxygens (including phenoxy) is 1. The van der Waals surface area contributed by atoms with Crippen LogP contribution in [0.25, 0.3) is 11.5 Å². The van der Waals surface area contributed by atoms with Crippen LogP contribution in [-0.4, -0.2) is 23.9 Å². The molecule has 4 rings (SSSR count). The number of hydrogen-bond donors (Lipinski definition) is 2. The highest BCUT2D eigenvalue weighted by Gasteiger charge is 2.19. The van der Waals surface area contributed by atoms with Crippen molar-refractivity contribution in [3.63, 3.8) is 0 Å². The molecule has 4 aromatic rings. The van der Waals surface area contributed by atoms with Crippen molar-refractivity contribution in [2.75, 3.05) is 12.4 Å². The molecule has 8 nitrogen and oxygen atoms in total. The smallest absolute Gasteiger partial charge is 0.259 e. The fourth-order valence-corrected chi connectivity index (χ4v) is 3.54. The van der Waals surface area contributed by atoms with Gasteiger partial charge in [-0.25, -0.2) is 4.98 Å². The van der Waals surface area contributed by atoms with Crippen LogP contribution in [0.3, 0.4) is 0 Å². The normalized spacial score (nSPS) is 10.7. The molecule has 0 saturated carbocycles. The first-order valence-electron chi connectivity index (χ1n) is 10.7. The van der Waals surface area contributed by atoms with E-state index in [2.05, 4.69) is 15.6 Å². The van der Waals surface area contributed by atoms with E-state index in [0.29, 0.717) is 57.0 Å². The molecule has 0 aliphatic carbocycles. The van der Waals surface area contributed by atoms with Gasteiger partial charge in [-0.05, 0) is 63.2 Å². The Morgan fingerprint density at radius 3 is 2.35 bits per heavy atom. The van der Waals surface area contributed by atoms with Crippen LogP contribution in [0.1, 0.15) is 43.7 Å². The molecule has 0 radical (unpaired) electrons. The van der Waals surface area contributed by atoms with E-state index >= 15 is 0 Å². The predicted octanol–water partition coefficient (Wildman–Crippen LogP) is 5.05. The van der Waals surface area contributed by atoms with Gasteiger partial charge in [-0.15, -0.1) is 0 Å². The molecule has 8 heteroatoms. The van der Waals surface area contributed by atoms with Gasteiger partial charge in [0.2, 0.25) is 5.89 Å². The second-order valence-electron chi connectivity index (χ2n) is 7.76. The maximum absolute atomic E-state index is 12.8. The van der Waals surface area contributed by atoms with Crippen LogP contribution < -0.4 is 15.4 Å². The first-order chi connectivity index (χ1) is 16.4. The molecule has 0 fully saturated rings. The number of oxazole rings is 1. The number of aryl methyl sites for hydroxylation is 3. The molecule has 34 heavy (non-hydrogen) atoms. The fraction of sp³-hybridized carbons (Fsp3) is 0.192. The van der Waals surface area contributed by atoms with Crippen molar-refractivity contribution in [1.29, 1.82) is 0 Å². The van der Waals surface area contributed by atoms with Crippen molar-refractivity contribution in [3.05, 3.63) is 88.7 Å². The number of hydrogen-bond acceptors (Lipinski definition) is 6. The Morgan fingerprint density at radius 2 is 1.68 bits per heavy atom. The molecule has 0 atom stereocenters. The van der Waals surface area contributed by atoms with Crippen molar-refractivity contribution < 1.29 is 23.2 Å². The lowest BCUT2D eigenvalue weighted by molar-refractivity contribution is 0.0949. The van der Waals surface area contributed by atoms with Crippen molar-refractivity contribution in [2.45, 2.75) is 27.3 Å². The molecule has 0 unspecified atom stereocenters. The maximum Gasteiger partial charge on any atom is 0.259 e. The number of amides is 2. The van der Waals surface area contributed by atoms with Crippen LogP contribution in [0.4, 0.5) is 5.69 Å². The summed E-state index contributed by atoms with van der Waals surface area (Å²) in [4.78, 5) is 29.8. The minimum absolute atomic E-state index is 0.197. The van der Waals surface area contributed by atoms with Crippen LogP contribution in [0, 0.1) is 20.8 Å². The zero-order valence-electron chi connectivity index (χ0n) is 19.4. The minimum Gasteiger partial charge on any atom is -0.497 e. The molecular formula is C26H25N3O5. The molecule has 0 spiro atoms. The average Bonchev–Trinajstić information content (AvgIpc) is 3.38. The van der Waals surface area contributed by atoms with Gasteiger partial charge >= 0.3 is 0 Å². The lowest BCUT2D eigenvalue weighted by Crippen LogP contribution is -2.23. The van der Waals surface area contributed by atoms with Crippen molar-refractivity contribution in [2.24, 2.45) is 0 Å². The third-order valence-corrected chi connectivity index (χ3v) is 5.35. The molecule has 2 aromatic heterocycles. The molecule has 2 amide bonds. The fourth-order valence-electron chi connectivity index (χ4n) is 3.54. The number of nitrogens with one attached hydrogen (secondary N) is 2. The van der Waals surface area contributed by atoms with Crippen LogP contribution in [-0.2, 0) is 6.54 Å². The Labute approximate surface area is 197 Å². The van der Waals surface area contributed by atoms with Crippen molar-refractivity contribution in [3.8, 4) is 17.2 Å². The summed E-state index contributed by atoms with van der Waals surface area (Å²) in [6.45, 7) is 5.52. The van der Waals surface area contributed by atoms with E-state index in [1.807, 2.05) is 18.2 Å². The third-order valence-electron chi connectivity index (χ3n) is 5.35. The number of anilines is 1. The Morgan fingerprint density at radius 1 is 0.941 bits per heavy atom. The molecule has 2 aromatic carbocycles. The Bertz CT molecular complexity index is 1330. The van der Waals surface area contributed by atoms with Gasteiger partial charge in [-0.3, -0.25) is 9.59 Å². The SMILES string of the molecule is COc1ccc(C(=O)NCc2nc(-c3ccccc3NC(=O)c3cc(C)oc3C)oc2C)cc1. The van der Waals surface area contributed by atoms with E-state index in [9.17, 15) is 9.59 Å². The van der Waals surface area contributed by atoms with Gasteiger partial charge < -0.3 is 24.2 Å².